The number of benzene rings is 1. The topological polar surface area (TPSA) is 72.2 Å². The molecule has 0 N–H and O–H groups in total. The van der Waals surface area contributed by atoms with E-state index in [-0.39, 0.29) is 12.2 Å². The zero-order chi connectivity index (χ0) is 17.5. The lowest BCUT2D eigenvalue weighted by Crippen LogP contribution is -2.31. The van der Waals surface area contributed by atoms with E-state index in [4.69, 9.17) is 11.6 Å². The summed E-state index contributed by atoms with van der Waals surface area (Å²) >= 11 is 5.98. The van der Waals surface area contributed by atoms with Crippen LogP contribution in [0.5, 0.6) is 0 Å². The van der Waals surface area contributed by atoms with Crippen LogP contribution < -0.4 is 4.90 Å². The van der Waals surface area contributed by atoms with Gasteiger partial charge in [-0.25, -0.2) is 9.97 Å². The lowest BCUT2D eigenvalue weighted by molar-refractivity contribution is -0.388. The summed E-state index contributed by atoms with van der Waals surface area (Å²) in [5.41, 5.74) is -0.583. The van der Waals surface area contributed by atoms with E-state index in [0.29, 0.717) is 23.8 Å². The number of halogens is 4. The largest absolute Gasteiger partial charge is 0.423 e. The van der Waals surface area contributed by atoms with Crippen LogP contribution in [0.4, 0.5) is 24.5 Å². The number of aromatic nitrogens is 2. The van der Waals surface area contributed by atoms with E-state index in [1.807, 2.05) is 0 Å². The van der Waals surface area contributed by atoms with Gasteiger partial charge >= 0.3 is 6.18 Å². The molecule has 1 aromatic carbocycles. The fourth-order valence-corrected chi connectivity index (χ4v) is 2.89. The molecular weight excluding hydrogens is 349 g/mol. The van der Waals surface area contributed by atoms with Gasteiger partial charge in [0.15, 0.2) is 0 Å². The fourth-order valence-electron chi connectivity index (χ4n) is 2.64. The summed E-state index contributed by atoms with van der Waals surface area (Å²) < 4.78 is 39.3. The highest BCUT2D eigenvalue weighted by molar-refractivity contribution is 6.30. The van der Waals surface area contributed by atoms with Gasteiger partial charge in [0.25, 0.3) is 5.69 Å². The van der Waals surface area contributed by atoms with Gasteiger partial charge in [0.05, 0.1) is 17.2 Å². The normalized spacial score (nSPS) is 14.4. The first-order chi connectivity index (χ1) is 11.3. The molecule has 0 saturated carbocycles. The Morgan fingerprint density at radius 1 is 1.29 bits per heavy atom. The summed E-state index contributed by atoms with van der Waals surface area (Å²) in [5, 5.41) is 11.2. The average Bonchev–Trinajstić information content (AvgIpc) is 2.53. The molecule has 0 amide bonds. The molecule has 0 atom stereocenters. The number of rotatable bonds is 2. The van der Waals surface area contributed by atoms with Crippen molar-refractivity contribution in [3.63, 3.8) is 0 Å². The van der Waals surface area contributed by atoms with E-state index >= 15 is 0 Å². The van der Waals surface area contributed by atoms with Crippen LogP contribution in [0.15, 0.2) is 24.5 Å². The van der Waals surface area contributed by atoms with Crippen molar-refractivity contribution in [3.05, 3.63) is 56.6 Å². The van der Waals surface area contributed by atoms with E-state index in [2.05, 4.69) is 9.97 Å². The van der Waals surface area contributed by atoms with Gasteiger partial charge in [-0.15, -0.1) is 0 Å². The van der Waals surface area contributed by atoms with Crippen molar-refractivity contribution in [2.75, 3.05) is 11.4 Å². The molecule has 0 aliphatic carbocycles. The predicted molar refractivity (Wildman–Crippen MR) is 79.9 cm³/mol. The monoisotopic (exact) mass is 358 g/mol. The van der Waals surface area contributed by atoms with Gasteiger partial charge in [0.1, 0.15) is 17.0 Å². The van der Waals surface area contributed by atoms with Crippen LogP contribution in [0.2, 0.25) is 5.15 Å². The van der Waals surface area contributed by atoms with Crippen LogP contribution in [0.1, 0.15) is 16.8 Å². The molecule has 10 heteroatoms. The van der Waals surface area contributed by atoms with Crippen LogP contribution in [-0.2, 0) is 19.1 Å². The molecule has 126 valence electrons. The van der Waals surface area contributed by atoms with E-state index in [1.54, 1.807) is 4.90 Å². The molecule has 6 nitrogen and oxygen atoms in total. The first-order valence-electron chi connectivity index (χ1n) is 6.86. The smallest absolute Gasteiger partial charge is 0.365 e. The summed E-state index contributed by atoms with van der Waals surface area (Å²) in [5.74, 6) is 0. The van der Waals surface area contributed by atoms with Crippen molar-refractivity contribution in [1.82, 2.24) is 9.97 Å². The lowest BCUT2D eigenvalue weighted by Gasteiger charge is -2.30. The van der Waals surface area contributed by atoms with Crippen LogP contribution in [0.25, 0.3) is 0 Å². The van der Waals surface area contributed by atoms with E-state index < -0.39 is 22.4 Å². The maximum absolute atomic E-state index is 13.1. The van der Waals surface area contributed by atoms with Crippen molar-refractivity contribution >= 4 is 23.0 Å². The Labute approximate surface area is 139 Å². The number of anilines is 1. The SMILES string of the molecule is O=[N+]([O-])c1ccc(N2CCc3c(Cl)ncnc3C2)cc1C(F)(F)F. The third-order valence-corrected chi connectivity index (χ3v) is 4.13. The molecule has 1 aliphatic heterocycles. The van der Waals surface area contributed by atoms with E-state index in [1.165, 1.54) is 12.4 Å². The van der Waals surface area contributed by atoms with Gasteiger partial charge < -0.3 is 4.90 Å². The second-order valence-corrected chi connectivity index (χ2v) is 5.58. The summed E-state index contributed by atoms with van der Waals surface area (Å²) in [7, 11) is 0. The van der Waals surface area contributed by atoms with Gasteiger partial charge in [-0.1, -0.05) is 11.6 Å². The Bertz CT molecular complexity index is 813. The van der Waals surface area contributed by atoms with Crippen LogP contribution in [-0.4, -0.2) is 21.4 Å². The predicted octanol–water partition coefficient (Wildman–Crippen LogP) is 3.62. The average molecular weight is 359 g/mol. The van der Waals surface area contributed by atoms with Crippen molar-refractivity contribution < 1.29 is 18.1 Å². The number of nitro benzene ring substituents is 1. The highest BCUT2D eigenvalue weighted by Gasteiger charge is 2.39. The van der Waals surface area contributed by atoms with Crippen LogP contribution in [0.3, 0.4) is 0 Å². The minimum absolute atomic E-state index is 0.244. The second kappa shape index (κ2) is 5.90. The zero-order valence-electron chi connectivity index (χ0n) is 12.0. The molecule has 24 heavy (non-hydrogen) atoms. The molecule has 1 aromatic heterocycles. The lowest BCUT2D eigenvalue weighted by atomic mass is 10.0. The molecule has 0 bridgehead atoms. The van der Waals surface area contributed by atoms with Crippen LogP contribution in [0, 0.1) is 10.1 Å². The molecule has 2 aromatic rings. The Kier molecular flexibility index (Phi) is 4.04. The number of nitrogens with zero attached hydrogens (tertiary/aromatic N) is 4. The molecule has 0 spiro atoms. The Morgan fingerprint density at radius 2 is 2.04 bits per heavy atom. The molecule has 1 aliphatic rings. The molecule has 0 fully saturated rings. The third kappa shape index (κ3) is 2.99. The van der Waals surface area contributed by atoms with Gasteiger partial charge in [-0.3, -0.25) is 10.1 Å². The fraction of sp³-hybridized carbons (Fsp3) is 0.286. The van der Waals surface area contributed by atoms with E-state index in [0.717, 1.165) is 17.7 Å². The third-order valence-electron chi connectivity index (χ3n) is 3.80. The van der Waals surface area contributed by atoms with Crippen molar-refractivity contribution in [2.24, 2.45) is 0 Å². The van der Waals surface area contributed by atoms with Crippen LogP contribution >= 0.6 is 11.6 Å². The van der Waals surface area contributed by atoms with E-state index in [9.17, 15) is 23.3 Å². The number of hydrogen-bond donors (Lipinski definition) is 0. The number of nitro groups is 1. The summed E-state index contributed by atoms with van der Waals surface area (Å²) in [6, 6.07) is 2.98. The molecule has 2 heterocycles. The molecule has 0 unspecified atom stereocenters. The number of hydrogen-bond acceptors (Lipinski definition) is 5. The Balaban J connectivity index is 1.98. The van der Waals surface area contributed by atoms with Crippen molar-refractivity contribution in [1.29, 1.82) is 0 Å². The second-order valence-electron chi connectivity index (χ2n) is 5.22. The zero-order valence-corrected chi connectivity index (χ0v) is 12.8. The maximum Gasteiger partial charge on any atom is 0.423 e. The quantitative estimate of drug-likeness (QED) is 0.466. The van der Waals surface area contributed by atoms with Gasteiger partial charge in [0.2, 0.25) is 0 Å². The minimum atomic E-state index is -4.81. The first-order valence-corrected chi connectivity index (χ1v) is 7.24. The highest BCUT2D eigenvalue weighted by Crippen LogP contribution is 2.39. The Morgan fingerprint density at radius 3 is 2.71 bits per heavy atom. The maximum atomic E-state index is 13.1. The van der Waals surface area contributed by atoms with Crippen molar-refractivity contribution in [2.45, 2.75) is 19.1 Å². The molecular formula is C14H10ClF3N4O2. The van der Waals surface area contributed by atoms with Crippen molar-refractivity contribution in [3.8, 4) is 0 Å². The first kappa shape index (κ1) is 16.4. The minimum Gasteiger partial charge on any atom is -0.365 e. The summed E-state index contributed by atoms with van der Waals surface area (Å²) in [6.07, 6.45) is -3.04. The van der Waals surface area contributed by atoms with Gasteiger partial charge in [-0.05, 0) is 18.6 Å². The molecule has 3 rings (SSSR count). The van der Waals surface area contributed by atoms with Gasteiger partial charge in [-0.2, -0.15) is 13.2 Å². The Hall–Kier alpha value is -2.42. The molecule has 0 radical (unpaired) electrons. The summed E-state index contributed by atoms with van der Waals surface area (Å²) in [6.45, 7) is 0.669. The van der Waals surface area contributed by atoms with Gasteiger partial charge in [0, 0.05) is 23.9 Å². The number of fused-ring (bicyclic) bond motifs is 1. The standard InChI is InChI=1S/C14H10ClF3N4O2/c15-13-9-3-4-21(6-11(9)19-7-20-13)8-1-2-12(22(23)24)10(5-8)14(16,17)18/h1-2,5,7H,3-4,6H2. The molecule has 0 saturated heterocycles. The summed E-state index contributed by atoms with van der Waals surface area (Å²) in [4.78, 5) is 19.4. The number of alkyl halides is 3. The highest BCUT2D eigenvalue weighted by atomic mass is 35.5.